The molecule has 6 nitrogen and oxygen atoms in total. The normalized spacial score (nSPS) is 17.0. The van der Waals surface area contributed by atoms with Crippen molar-refractivity contribution in [3.8, 4) is 17.2 Å². The number of likely N-dealkylation sites (tertiary alicyclic amines) is 1. The number of hydrogen-bond acceptors (Lipinski definition) is 5. The Kier molecular flexibility index (Phi) is 8.15. The van der Waals surface area contributed by atoms with Gasteiger partial charge in [0, 0.05) is 25.6 Å². The lowest BCUT2D eigenvalue weighted by molar-refractivity contribution is -0.132. The Hall–Kier alpha value is -1.66. The second-order valence-electron chi connectivity index (χ2n) is 5.74. The van der Waals surface area contributed by atoms with Gasteiger partial charge in [0.25, 0.3) is 0 Å². The lowest BCUT2D eigenvalue weighted by Crippen LogP contribution is -2.45. The molecular weight excluding hydrogens is 332 g/mol. The molecule has 0 spiro atoms. The van der Waals surface area contributed by atoms with E-state index in [4.69, 9.17) is 19.9 Å². The van der Waals surface area contributed by atoms with Crippen LogP contribution in [-0.2, 0) is 11.2 Å². The fraction of sp³-hybridized carbons (Fsp3) is 0.588. The molecule has 1 saturated heterocycles. The first kappa shape index (κ1) is 20.4. The molecule has 0 bridgehead atoms. The van der Waals surface area contributed by atoms with E-state index in [-0.39, 0.29) is 24.4 Å². The van der Waals surface area contributed by atoms with Gasteiger partial charge in [0.1, 0.15) is 0 Å². The first-order valence-corrected chi connectivity index (χ1v) is 7.91. The number of rotatable bonds is 6. The average Bonchev–Trinajstić information content (AvgIpc) is 2.58. The molecule has 1 fully saturated rings. The van der Waals surface area contributed by atoms with Crippen LogP contribution in [0.4, 0.5) is 0 Å². The first-order valence-electron chi connectivity index (χ1n) is 7.91. The minimum atomic E-state index is 0. The third-order valence-corrected chi connectivity index (χ3v) is 4.20. The van der Waals surface area contributed by atoms with E-state index in [1.54, 1.807) is 21.3 Å². The van der Waals surface area contributed by atoms with Crippen LogP contribution in [0.2, 0.25) is 0 Å². The maximum absolute atomic E-state index is 12.4. The summed E-state index contributed by atoms with van der Waals surface area (Å²) >= 11 is 0. The second-order valence-corrected chi connectivity index (χ2v) is 5.74. The minimum absolute atomic E-state index is 0. The van der Waals surface area contributed by atoms with Crippen LogP contribution >= 0.6 is 12.4 Å². The zero-order valence-corrected chi connectivity index (χ0v) is 15.4. The Labute approximate surface area is 149 Å². The molecule has 1 atom stereocenters. The van der Waals surface area contributed by atoms with Crippen LogP contribution in [0.1, 0.15) is 24.8 Å². The van der Waals surface area contributed by atoms with Crippen molar-refractivity contribution in [2.24, 2.45) is 5.73 Å². The predicted molar refractivity (Wildman–Crippen MR) is 95.5 cm³/mol. The summed E-state index contributed by atoms with van der Waals surface area (Å²) in [6, 6.07) is 3.84. The van der Waals surface area contributed by atoms with Gasteiger partial charge in [-0.1, -0.05) is 6.07 Å². The first-order chi connectivity index (χ1) is 11.1. The summed E-state index contributed by atoms with van der Waals surface area (Å²) in [7, 11) is 4.75. The van der Waals surface area contributed by atoms with Crippen LogP contribution in [-0.4, -0.2) is 51.3 Å². The molecule has 1 heterocycles. The number of nitrogens with two attached hydrogens (primary N) is 1. The predicted octanol–water partition coefficient (Wildman–Crippen LogP) is 2.02. The molecule has 24 heavy (non-hydrogen) atoms. The third-order valence-electron chi connectivity index (χ3n) is 4.20. The highest BCUT2D eigenvalue weighted by Gasteiger charge is 2.22. The smallest absolute Gasteiger partial charge is 0.222 e. The summed E-state index contributed by atoms with van der Waals surface area (Å²) in [6.45, 7) is 1.46. The lowest BCUT2D eigenvalue weighted by atomic mass is 10.0. The van der Waals surface area contributed by atoms with E-state index in [0.29, 0.717) is 36.6 Å². The number of nitrogens with zero attached hydrogens (tertiary/aromatic N) is 1. The summed E-state index contributed by atoms with van der Waals surface area (Å²) in [5, 5.41) is 0. The number of benzene rings is 1. The van der Waals surface area contributed by atoms with E-state index in [1.165, 1.54) is 0 Å². The molecule has 136 valence electrons. The summed E-state index contributed by atoms with van der Waals surface area (Å²) < 4.78 is 16.1. The van der Waals surface area contributed by atoms with Crippen molar-refractivity contribution in [3.05, 3.63) is 17.7 Å². The van der Waals surface area contributed by atoms with Crippen LogP contribution in [0.25, 0.3) is 0 Å². The number of amides is 1. The van der Waals surface area contributed by atoms with Gasteiger partial charge in [0.15, 0.2) is 11.5 Å². The molecule has 7 heteroatoms. The Bertz CT molecular complexity index is 554. The largest absolute Gasteiger partial charge is 0.493 e. The molecule has 0 aliphatic carbocycles. The zero-order chi connectivity index (χ0) is 16.8. The van der Waals surface area contributed by atoms with Gasteiger partial charge in [0.2, 0.25) is 11.7 Å². The third kappa shape index (κ3) is 4.68. The van der Waals surface area contributed by atoms with Crippen molar-refractivity contribution in [2.75, 3.05) is 34.4 Å². The number of hydrogen-bond donors (Lipinski definition) is 1. The van der Waals surface area contributed by atoms with Crippen molar-refractivity contribution >= 4 is 18.3 Å². The highest BCUT2D eigenvalue weighted by atomic mass is 35.5. The number of carbonyl (C=O) groups is 1. The molecule has 0 saturated carbocycles. The van der Waals surface area contributed by atoms with E-state index in [0.717, 1.165) is 24.9 Å². The number of ether oxygens (including phenoxy) is 3. The summed E-state index contributed by atoms with van der Waals surface area (Å²) in [5.41, 5.74) is 6.87. The summed E-state index contributed by atoms with van der Waals surface area (Å²) in [4.78, 5) is 14.2. The standard InChI is InChI=1S/C17H26N2O4.ClH/c1-21-14-8-6-12(16(22-2)17(14)23-3)7-9-15(20)19-10-4-5-13(18)11-19;/h6,8,13H,4-5,7,9-11,18H2,1-3H3;1H. The molecule has 0 aromatic heterocycles. The molecule has 1 aromatic carbocycles. The van der Waals surface area contributed by atoms with Crippen LogP contribution < -0.4 is 19.9 Å². The lowest BCUT2D eigenvalue weighted by Gasteiger charge is -2.31. The number of carbonyl (C=O) groups excluding carboxylic acids is 1. The van der Waals surface area contributed by atoms with Crippen molar-refractivity contribution in [2.45, 2.75) is 31.7 Å². The van der Waals surface area contributed by atoms with Crippen LogP contribution in [0.5, 0.6) is 17.2 Å². The topological polar surface area (TPSA) is 74.0 Å². The Morgan fingerprint density at radius 3 is 2.50 bits per heavy atom. The molecule has 0 radical (unpaired) electrons. The van der Waals surface area contributed by atoms with E-state index in [1.807, 2.05) is 17.0 Å². The molecule has 1 aliphatic heterocycles. The SMILES string of the molecule is COc1ccc(CCC(=O)N2CCCC(N)C2)c(OC)c1OC.Cl. The van der Waals surface area contributed by atoms with E-state index in [2.05, 4.69) is 0 Å². The Morgan fingerprint density at radius 2 is 1.92 bits per heavy atom. The number of piperidine rings is 1. The van der Waals surface area contributed by atoms with Crippen LogP contribution in [0.15, 0.2) is 12.1 Å². The highest BCUT2D eigenvalue weighted by Crippen LogP contribution is 2.40. The summed E-state index contributed by atoms with van der Waals surface area (Å²) in [5.74, 6) is 1.92. The second kappa shape index (κ2) is 9.59. The van der Waals surface area contributed by atoms with Gasteiger partial charge in [-0.3, -0.25) is 4.79 Å². The molecule has 1 amide bonds. The molecule has 1 aromatic rings. The van der Waals surface area contributed by atoms with Gasteiger partial charge in [-0.15, -0.1) is 12.4 Å². The monoisotopic (exact) mass is 358 g/mol. The van der Waals surface area contributed by atoms with Gasteiger partial charge in [-0.05, 0) is 30.9 Å². The molecule has 1 aliphatic rings. The molecule has 2 N–H and O–H groups in total. The maximum atomic E-state index is 12.4. The quantitative estimate of drug-likeness (QED) is 0.842. The van der Waals surface area contributed by atoms with Gasteiger partial charge in [-0.25, -0.2) is 0 Å². The molecule has 1 unspecified atom stereocenters. The number of methoxy groups -OCH3 is 3. The molecular formula is C17H27ClN2O4. The van der Waals surface area contributed by atoms with E-state index in [9.17, 15) is 4.79 Å². The van der Waals surface area contributed by atoms with Crippen molar-refractivity contribution in [1.29, 1.82) is 0 Å². The zero-order valence-electron chi connectivity index (χ0n) is 14.5. The maximum Gasteiger partial charge on any atom is 0.222 e. The Morgan fingerprint density at radius 1 is 1.21 bits per heavy atom. The van der Waals surface area contributed by atoms with Crippen molar-refractivity contribution in [1.82, 2.24) is 4.90 Å². The highest BCUT2D eigenvalue weighted by molar-refractivity contribution is 5.85. The van der Waals surface area contributed by atoms with E-state index < -0.39 is 0 Å². The van der Waals surface area contributed by atoms with E-state index >= 15 is 0 Å². The summed E-state index contributed by atoms with van der Waals surface area (Å²) in [6.07, 6.45) is 2.99. The Balaban J connectivity index is 0.00000288. The average molecular weight is 359 g/mol. The van der Waals surface area contributed by atoms with Gasteiger partial charge in [0.05, 0.1) is 21.3 Å². The number of halogens is 1. The van der Waals surface area contributed by atoms with Gasteiger partial charge < -0.3 is 24.8 Å². The van der Waals surface area contributed by atoms with Crippen LogP contribution in [0.3, 0.4) is 0 Å². The van der Waals surface area contributed by atoms with Crippen molar-refractivity contribution < 1.29 is 19.0 Å². The minimum Gasteiger partial charge on any atom is -0.493 e. The van der Waals surface area contributed by atoms with Crippen LogP contribution in [0, 0.1) is 0 Å². The van der Waals surface area contributed by atoms with Gasteiger partial charge in [-0.2, -0.15) is 0 Å². The van der Waals surface area contributed by atoms with Gasteiger partial charge >= 0.3 is 0 Å². The number of aryl methyl sites for hydroxylation is 1. The fourth-order valence-corrected chi connectivity index (χ4v) is 3.00. The molecule has 2 rings (SSSR count). The van der Waals surface area contributed by atoms with Crippen molar-refractivity contribution in [3.63, 3.8) is 0 Å². The fourth-order valence-electron chi connectivity index (χ4n) is 3.00.